The zero-order valence-corrected chi connectivity index (χ0v) is 11.1. The summed E-state index contributed by atoms with van der Waals surface area (Å²) in [4.78, 5) is 24.4. The van der Waals surface area contributed by atoms with Crippen molar-refractivity contribution in [2.45, 2.75) is 39.2 Å². The molecular weight excluding hydrogens is 216 g/mol. The number of nitrogens with one attached hydrogen (secondary N) is 1. The minimum Gasteiger partial charge on any atom is -0.351 e. The van der Waals surface area contributed by atoms with E-state index >= 15 is 0 Å². The van der Waals surface area contributed by atoms with Crippen LogP contribution in [0.15, 0.2) is 0 Å². The van der Waals surface area contributed by atoms with E-state index in [0.29, 0.717) is 6.42 Å². The van der Waals surface area contributed by atoms with Crippen molar-refractivity contribution in [1.29, 1.82) is 0 Å². The van der Waals surface area contributed by atoms with Crippen LogP contribution >= 0.6 is 0 Å². The molecule has 1 aliphatic carbocycles. The Kier molecular flexibility index (Phi) is 5.62. The fourth-order valence-electron chi connectivity index (χ4n) is 1.86. The average Bonchev–Trinajstić information content (AvgIpc) is 3.01. The van der Waals surface area contributed by atoms with E-state index in [0.717, 1.165) is 25.3 Å². The summed E-state index contributed by atoms with van der Waals surface area (Å²) in [6, 6.07) is -0.0499. The van der Waals surface area contributed by atoms with E-state index in [1.165, 1.54) is 12.8 Å². The van der Waals surface area contributed by atoms with Crippen LogP contribution in [0.5, 0.6) is 0 Å². The van der Waals surface area contributed by atoms with Gasteiger partial charge in [-0.05, 0) is 25.8 Å². The predicted octanol–water partition coefficient (Wildman–Crippen LogP) is 1.06. The highest BCUT2D eigenvalue weighted by atomic mass is 16.2. The second kappa shape index (κ2) is 6.74. The Hall–Kier alpha value is -0.900. The van der Waals surface area contributed by atoms with Crippen LogP contribution in [0.2, 0.25) is 0 Å². The van der Waals surface area contributed by atoms with Gasteiger partial charge in [-0.1, -0.05) is 13.8 Å². The van der Waals surface area contributed by atoms with E-state index in [4.69, 9.17) is 0 Å². The number of likely N-dealkylation sites (N-methyl/N-ethyl adjacent to an activating group) is 1. The van der Waals surface area contributed by atoms with E-state index < -0.39 is 0 Å². The van der Waals surface area contributed by atoms with E-state index in [-0.39, 0.29) is 17.9 Å². The molecule has 0 saturated heterocycles. The van der Waals surface area contributed by atoms with Gasteiger partial charge in [-0.3, -0.25) is 4.79 Å². The molecule has 4 nitrogen and oxygen atoms in total. The topological polar surface area (TPSA) is 49.4 Å². The van der Waals surface area contributed by atoms with Gasteiger partial charge in [0.25, 0.3) is 0 Å². The van der Waals surface area contributed by atoms with Gasteiger partial charge in [0.15, 0.2) is 0 Å². The maximum absolute atomic E-state index is 11.6. The first kappa shape index (κ1) is 14.2. The van der Waals surface area contributed by atoms with Crippen LogP contribution in [0, 0.1) is 11.8 Å². The molecule has 4 heteroatoms. The highest BCUT2D eigenvalue weighted by Crippen LogP contribution is 2.29. The fourth-order valence-corrected chi connectivity index (χ4v) is 1.86. The highest BCUT2D eigenvalue weighted by molar-refractivity contribution is 5.78. The van der Waals surface area contributed by atoms with E-state index in [2.05, 4.69) is 17.3 Å². The highest BCUT2D eigenvalue weighted by Gasteiger charge is 2.24. The number of hydrogen-bond acceptors (Lipinski definition) is 3. The van der Waals surface area contributed by atoms with E-state index in [1.807, 2.05) is 13.8 Å². The Morgan fingerprint density at radius 3 is 2.59 bits per heavy atom. The third kappa shape index (κ3) is 5.82. The Bertz CT molecular complexity index is 262. The Morgan fingerprint density at radius 2 is 2.12 bits per heavy atom. The van der Waals surface area contributed by atoms with Crippen LogP contribution in [0.4, 0.5) is 0 Å². The van der Waals surface area contributed by atoms with Crippen LogP contribution in [-0.2, 0) is 9.59 Å². The van der Waals surface area contributed by atoms with Crippen LogP contribution in [-0.4, -0.2) is 43.3 Å². The van der Waals surface area contributed by atoms with Crippen LogP contribution in [0.1, 0.15) is 33.1 Å². The molecule has 0 heterocycles. The van der Waals surface area contributed by atoms with Gasteiger partial charge in [0.05, 0.1) is 0 Å². The molecule has 1 fully saturated rings. The number of carbonyl (C=O) groups is 2. The molecule has 1 N–H and O–H groups in total. The lowest BCUT2D eigenvalue weighted by Crippen LogP contribution is -2.44. The number of nitrogens with zero attached hydrogens (tertiary/aromatic N) is 1. The summed E-state index contributed by atoms with van der Waals surface area (Å²) in [5.41, 5.74) is 0. The molecule has 1 saturated carbocycles. The summed E-state index contributed by atoms with van der Waals surface area (Å²) in [5, 5.41) is 2.93. The molecule has 0 aromatic heterocycles. The van der Waals surface area contributed by atoms with Gasteiger partial charge < -0.3 is 15.0 Å². The molecular formula is C13H24N2O2. The first-order valence-corrected chi connectivity index (χ1v) is 6.45. The number of aldehydes is 1. The third-order valence-corrected chi connectivity index (χ3v) is 3.05. The van der Waals surface area contributed by atoms with Gasteiger partial charge in [0.2, 0.25) is 5.91 Å². The molecule has 0 aromatic rings. The van der Waals surface area contributed by atoms with Crippen LogP contribution < -0.4 is 5.32 Å². The number of amides is 1. The van der Waals surface area contributed by atoms with E-state index in [1.54, 1.807) is 0 Å². The molecule has 0 spiro atoms. The average molecular weight is 240 g/mol. The molecule has 0 aliphatic heterocycles. The zero-order valence-electron chi connectivity index (χ0n) is 11.1. The van der Waals surface area contributed by atoms with Gasteiger partial charge in [-0.2, -0.15) is 0 Å². The smallest absolute Gasteiger partial charge is 0.222 e. The molecule has 1 aliphatic rings. The fraction of sp³-hybridized carbons (Fsp3) is 0.846. The van der Waals surface area contributed by atoms with Crippen molar-refractivity contribution in [2.75, 3.05) is 20.1 Å². The lowest BCUT2D eigenvalue weighted by atomic mass is 10.1. The summed E-state index contributed by atoms with van der Waals surface area (Å²) in [6.07, 6.45) is 3.92. The number of carbonyl (C=O) groups excluding carboxylic acids is 2. The van der Waals surface area contributed by atoms with Crippen molar-refractivity contribution in [1.82, 2.24) is 10.2 Å². The summed E-state index contributed by atoms with van der Waals surface area (Å²) >= 11 is 0. The molecule has 1 unspecified atom stereocenters. The van der Waals surface area contributed by atoms with Gasteiger partial charge in [0, 0.05) is 31.5 Å². The van der Waals surface area contributed by atoms with Crippen LogP contribution in [0.25, 0.3) is 0 Å². The quantitative estimate of drug-likeness (QED) is 0.645. The van der Waals surface area contributed by atoms with Crippen molar-refractivity contribution in [3.05, 3.63) is 0 Å². The number of rotatable bonds is 8. The maximum Gasteiger partial charge on any atom is 0.222 e. The first-order chi connectivity index (χ1) is 8.02. The maximum atomic E-state index is 11.6. The predicted molar refractivity (Wildman–Crippen MR) is 67.7 cm³/mol. The van der Waals surface area contributed by atoms with Crippen molar-refractivity contribution >= 4 is 12.2 Å². The Morgan fingerprint density at radius 1 is 1.47 bits per heavy atom. The Labute approximate surface area is 104 Å². The lowest BCUT2D eigenvalue weighted by Gasteiger charge is -2.24. The molecule has 1 amide bonds. The molecule has 0 radical (unpaired) electrons. The lowest BCUT2D eigenvalue weighted by molar-refractivity contribution is -0.125. The minimum absolute atomic E-state index is 0.0247. The summed E-state index contributed by atoms with van der Waals surface area (Å²) < 4.78 is 0. The van der Waals surface area contributed by atoms with Crippen LogP contribution in [0.3, 0.4) is 0 Å². The SMILES string of the molecule is CC(C)C(=O)NC(CC=O)CN(C)CC1CC1. The first-order valence-electron chi connectivity index (χ1n) is 6.45. The molecule has 0 aromatic carbocycles. The van der Waals surface area contributed by atoms with Crippen molar-refractivity contribution in [2.24, 2.45) is 11.8 Å². The third-order valence-electron chi connectivity index (χ3n) is 3.05. The second-order valence-corrected chi connectivity index (χ2v) is 5.43. The standard InChI is InChI=1S/C13H24N2O2/c1-10(2)13(17)14-12(6-7-16)9-15(3)8-11-4-5-11/h7,10-12H,4-6,8-9H2,1-3H3,(H,14,17). The largest absolute Gasteiger partial charge is 0.351 e. The summed E-state index contributed by atoms with van der Waals surface area (Å²) in [6.45, 7) is 5.56. The van der Waals surface area contributed by atoms with E-state index in [9.17, 15) is 9.59 Å². The molecule has 98 valence electrons. The van der Waals surface area contributed by atoms with Gasteiger partial charge in [-0.15, -0.1) is 0 Å². The number of hydrogen-bond donors (Lipinski definition) is 1. The van der Waals surface area contributed by atoms with Gasteiger partial charge in [-0.25, -0.2) is 0 Å². The van der Waals surface area contributed by atoms with Crippen molar-refractivity contribution in [3.63, 3.8) is 0 Å². The van der Waals surface area contributed by atoms with Gasteiger partial charge in [0.1, 0.15) is 6.29 Å². The minimum atomic E-state index is -0.0499. The molecule has 1 rings (SSSR count). The summed E-state index contributed by atoms with van der Waals surface area (Å²) in [5.74, 6) is 0.826. The van der Waals surface area contributed by atoms with Crippen molar-refractivity contribution in [3.8, 4) is 0 Å². The second-order valence-electron chi connectivity index (χ2n) is 5.43. The van der Waals surface area contributed by atoms with Crippen molar-refractivity contribution < 1.29 is 9.59 Å². The monoisotopic (exact) mass is 240 g/mol. The molecule has 1 atom stereocenters. The normalized spacial score (nSPS) is 17.2. The van der Waals surface area contributed by atoms with Gasteiger partial charge >= 0.3 is 0 Å². The summed E-state index contributed by atoms with van der Waals surface area (Å²) in [7, 11) is 2.05. The molecule has 17 heavy (non-hydrogen) atoms. The molecule has 0 bridgehead atoms. The zero-order chi connectivity index (χ0) is 12.8. The Balaban J connectivity index is 2.34.